The predicted molar refractivity (Wildman–Crippen MR) is 92.4 cm³/mol. The first kappa shape index (κ1) is 15.0. The summed E-state index contributed by atoms with van der Waals surface area (Å²) in [4.78, 5) is 4.45. The van der Waals surface area contributed by atoms with E-state index in [9.17, 15) is 0 Å². The summed E-state index contributed by atoms with van der Waals surface area (Å²) < 4.78 is 6.00. The summed E-state index contributed by atoms with van der Waals surface area (Å²) in [6.45, 7) is 3.91. The Morgan fingerprint density at radius 2 is 2.17 bits per heavy atom. The molecule has 1 aromatic carbocycles. The lowest BCUT2D eigenvalue weighted by atomic mass is 9.46. The van der Waals surface area contributed by atoms with E-state index in [4.69, 9.17) is 4.74 Å². The molecule has 1 heterocycles. The van der Waals surface area contributed by atoms with Crippen molar-refractivity contribution in [3.8, 4) is 0 Å². The van der Waals surface area contributed by atoms with Gasteiger partial charge in [0.2, 0.25) is 0 Å². The van der Waals surface area contributed by atoms with Crippen LogP contribution in [0.15, 0.2) is 29.3 Å². The van der Waals surface area contributed by atoms with Crippen molar-refractivity contribution in [3.05, 3.63) is 35.4 Å². The topological polar surface area (TPSA) is 45.7 Å². The third-order valence-electron chi connectivity index (χ3n) is 6.26. The fraction of sp³-hybridized carbons (Fsp3) is 0.632. The predicted octanol–water partition coefficient (Wildman–Crippen LogP) is 2.62. The molecule has 1 aromatic rings. The van der Waals surface area contributed by atoms with Crippen molar-refractivity contribution in [2.45, 2.75) is 51.3 Å². The molecule has 4 rings (SSSR count). The van der Waals surface area contributed by atoms with E-state index in [2.05, 4.69) is 46.8 Å². The maximum Gasteiger partial charge on any atom is 0.191 e. The number of aryl methyl sites for hydroxylation is 1. The molecule has 124 valence electrons. The molecule has 2 N–H and O–H groups in total. The number of ether oxygens (including phenoxy) is 1. The highest BCUT2D eigenvalue weighted by molar-refractivity contribution is 5.80. The molecule has 3 aliphatic rings. The van der Waals surface area contributed by atoms with Gasteiger partial charge in [-0.25, -0.2) is 0 Å². The van der Waals surface area contributed by atoms with Crippen LogP contribution in [0.4, 0.5) is 0 Å². The first-order valence-corrected chi connectivity index (χ1v) is 8.88. The Balaban J connectivity index is 1.40. The Kier molecular flexibility index (Phi) is 3.80. The average Bonchev–Trinajstić information content (AvgIpc) is 2.92. The highest BCUT2D eigenvalue weighted by Gasteiger charge is 2.66. The van der Waals surface area contributed by atoms with Crippen molar-refractivity contribution in [1.82, 2.24) is 10.6 Å². The average molecular weight is 313 g/mol. The smallest absolute Gasteiger partial charge is 0.191 e. The van der Waals surface area contributed by atoms with Crippen LogP contribution in [0.1, 0.15) is 36.8 Å². The summed E-state index contributed by atoms with van der Waals surface area (Å²) in [6, 6.07) is 9.04. The van der Waals surface area contributed by atoms with Gasteiger partial charge in [0.25, 0.3) is 0 Å². The highest BCUT2D eigenvalue weighted by Crippen LogP contribution is 2.62. The van der Waals surface area contributed by atoms with Gasteiger partial charge in [-0.2, -0.15) is 0 Å². The molecule has 4 nitrogen and oxygen atoms in total. The van der Waals surface area contributed by atoms with Gasteiger partial charge in [0.1, 0.15) is 0 Å². The van der Waals surface area contributed by atoms with Crippen molar-refractivity contribution < 1.29 is 4.74 Å². The van der Waals surface area contributed by atoms with Crippen LogP contribution < -0.4 is 10.6 Å². The van der Waals surface area contributed by atoms with Crippen molar-refractivity contribution in [2.24, 2.45) is 16.3 Å². The minimum Gasteiger partial charge on any atom is -0.377 e. The van der Waals surface area contributed by atoms with E-state index < -0.39 is 0 Å². The summed E-state index contributed by atoms with van der Waals surface area (Å²) in [5.74, 6) is 1.60. The molecule has 3 unspecified atom stereocenters. The Bertz CT molecular complexity index is 608. The van der Waals surface area contributed by atoms with Gasteiger partial charge in [0.15, 0.2) is 5.96 Å². The molecular weight excluding hydrogens is 286 g/mol. The number of rotatable bonds is 3. The second-order valence-corrected chi connectivity index (χ2v) is 7.30. The summed E-state index contributed by atoms with van der Waals surface area (Å²) in [5, 5.41) is 7.21. The molecule has 3 atom stereocenters. The molecule has 0 bridgehead atoms. The maximum atomic E-state index is 6.00. The van der Waals surface area contributed by atoms with Crippen LogP contribution in [-0.2, 0) is 11.3 Å². The standard InChI is InChI=1S/C19H27N3O/c1-13-6-3-4-7-14(13)12-21-18(20-2)22-16-15-8-11-23-17(15)19(16)9-5-10-19/h3-4,6-7,15-17H,5,8-12H2,1-2H3,(H2,20,21,22). The van der Waals surface area contributed by atoms with E-state index in [0.717, 1.165) is 19.1 Å². The zero-order chi connectivity index (χ0) is 15.9. The maximum absolute atomic E-state index is 6.00. The second kappa shape index (κ2) is 5.82. The van der Waals surface area contributed by atoms with Crippen molar-refractivity contribution >= 4 is 5.96 Å². The molecule has 23 heavy (non-hydrogen) atoms. The third kappa shape index (κ3) is 2.35. The molecule has 0 aromatic heterocycles. The van der Waals surface area contributed by atoms with Crippen molar-refractivity contribution in [1.29, 1.82) is 0 Å². The van der Waals surface area contributed by atoms with Gasteiger partial charge in [-0.1, -0.05) is 30.7 Å². The number of fused-ring (bicyclic) bond motifs is 2. The molecule has 4 heteroatoms. The largest absolute Gasteiger partial charge is 0.377 e. The zero-order valence-electron chi connectivity index (χ0n) is 14.1. The third-order valence-corrected chi connectivity index (χ3v) is 6.26. The number of benzene rings is 1. The lowest BCUT2D eigenvalue weighted by molar-refractivity contribution is -0.171. The van der Waals surface area contributed by atoms with Crippen LogP contribution in [0.3, 0.4) is 0 Å². The summed E-state index contributed by atoms with van der Waals surface area (Å²) >= 11 is 0. The van der Waals surface area contributed by atoms with Crippen molar-refractivity contribution in [2.75, 3.05) is 13.7 Å². The van der Waals surface area contributed by atoms with Crippen LogP contribution in [0.25, 0.3) is 0 Å². The fourth-order valence-electron chi connectivity index (χ4n) is 4.79. The lowest BCUT2D eigenvalue weighted by Crippen LogP contribution is -2.72. The van der Waals surface area contributed by atoms with E-state index in [1.165, 1.54) is 36.8 Å². The van der Waals surface area contributed by atoms with Gasteiger partial charge < -0.3 is 15.4 Å². The second-order valence-electron chi connectivity index (χ2n) is 7.30. The van der Waals surface area contributed by atoms with Crippen LogP contribution >= 0.6 is 0 Å². The zero-order valence-corrected chi connectivity index (χ0v) is 14.1. The Labute approximate surface area is 138 Å². The monoisotopic (exact) mass is 313 g/mol. The van der Waals surface area contributed by atoms with Gasteiger partial charge in [-0.05, 0) is 37.3 Å². The number of nitrogens with one attached hydrogen (secondary N) is 2. The highest BCUT2D eigenvalue weighted by atomic mass is 16.5. The molecule has 2 aliphatic carbocycles. The van der Waals surface area contributed by atoms with Crippen LogP contribution in [0.5, 0.6) is 0 Å². The number of aliphatic imine (C=N–C) groups is 1. The van der Waals surface area contributed by atoms with Gasteiger partial charge in [0.05, 0.1) is 6.10 Å². The lowest BCUT2D eigenvalue weighted by Gasteiger charge is -2.63. The number of hydrogen-bond donors (Lipinski definition) is 2. The van der Waals surface area contributed by atoms with E-state index in [0.29, 0.717) is 23.5 Å². The quantitative estimate of drug-likeness (QED) is 0.666. The van der Waals surface area contributed by atoms with E-state index in [1.807, 2.05) is 7.05 Å². The first-order chi connectivity index (χ1) is 11.2. The van der Waals surface area contributed by atoms with Gasteiger partial charge in [0, 0.05) is 37.6 Å². The number of nitrogens with zero attached hydrogens (tertiary/aromatic N) is 1. The number of hydrogen-bond acceptors (Lipinski definition) is 2. The van der Waals surface area contributed by atoms with E-state index in [1.54, 1.807) is 0 Å². The minimum absolute atomic E-state index is 0.390. The van der Waals surface area contributed by atoms with Crippen LogP contribution in [0, 0.1) is 18.3 Å². The molecule has 3 fully saturated rings. The molecule has 1 spiro atoms. The normalized spacial score (nSPS) is 31.2. The SMILES string of the molecule is CN=C(NCc1ccccc1C)NC1C2CCOC2C12CCC2. The van der Waals surface area contributed by atoms with Crippen molar-refractivity contribution in [3.63, 3.8) is 0 Å². The molecule has 0 radical (unpaired) electrons. The van der Waals surface area contributed by atoms with Crippen LogP contribution in [0.2, 0.25) is 0 Å². The Hall–Kier alpha value is -1.55. The molecule has 1 aliphatic heterocycles. The molecule has 1 saturated heterocycles. The van der Waals surface area contributed by atoms with Gasteiger partial charge in [-0.15, -0.1) is 0 Å². The van der Waals surface area contributed by atoms with Crippen LogP contribution in [-0.4, -0.2) is 31.8 Å². The Morgan fingerprint density at radius 1 is 1.35 bits per heavy atom. The number of guanidine groups is 1. The van der Waals surface area contributed by atoms with E-state index in [-0.39, 0.29) is 0 Å². The molecular formula is C19H27N3O. The van der Waals surface area contributed by atoms with Gasteiger partial charge >= 0.3 is 0 Å². The summed E-state index contributed by atoms with van der Waals surface area (Å²) in [5.41, 5.74) is 3.03. The Morgan fingerprint density at radius 3 is 2.87 bits per heavy atom. The summed E-state index contributed by atoms with van der Waals surface area (Å²) in [6.07, 6.45) is 5.66. The summed E-state index contributed by atoms with van der Waals surface area (Å²) in [7, 11) is 1.86. The van der Waals surface area contributed by atoms with E-state index >= 15 is 0 Å². The molecule has 0 amide bonds. The first-order valence-electron chi connectivity index (χ1n) is 8.88. The fourth-order valence-corrected chi connectivity index (χ4v) is 4.79. The minimum atomic E-state index is 0.390. The molecule has 2 saturated carbocycles. The van der Waals surface area contributed by atoms with Gasteiger partial charge in [-0.3, -0.25) is 4.99 Å².